The largest absolute Gasteiger partial charge is 0.446 e. The third-order valence-corrected chi connectivity index (χ3v) is 7.78. The highest BCUT2D eigenvalue weighted by atomic mass is 32.2. The van der Waals surface area contributed by atoms with E-state index in [-0.39, 0.29) is 18.6 Å². The van der Waals surface area contributed by atoms with Gasteiger partial charge in [0.05, 0.1) is 18.6 Å². The number of para-hydroxylation sites is 1. The lowest BCUT2D eigenvalue weighted by molar-refractivity contribution is 0.0528. The summed E-state index contributed by atoms with van der Waals surface area (Å²) in [6, 6.07) is 22.9. The van der Waals surface area contributed by atoms with Crippen LogP contribution in [0.5, 0.6) is 0 Å². The zero-order valence-electron chi connectivity index (χ0n) is 22.4. The van der Waals surface area contributed by atoms with Gasteiger partial charge in [-0.05, 0) is 41.7 Å². The molecule has 5 rings (SSSR count). The molecule has 3 aromatic rings. The van der Waals surface area contributed by atoms with Crippen LogP contribution in [0.4, 0.5) is 10.5 Å². The summed E-state index contributed by atoms with van der Waals surface area (Å²) in [5.41, 5.74) is 4.91. The number of anilines is 1. The van der Waals surface area contributed by atoms with Crippen molar-refractivity contribution in [2.75, 3.05) is 37.8 Å². The molecule has 210 valence electrons. The molecule has 0 saturated carbocycles. The maximum atomic E-state index is 12.9. The lowest BCUT2D eigenvalue weighted by Crippen LogP contribution is -2.42. The Morgan fingerprint density at radius 1 is 0.950 bits per heavy atom. The van der Waals surface area contributed by atoms with Gasteiger partial charge in [0.25, 0.3) is 16.0 Å². The van der Waals surface area contributed by atoms with Crippen molar-refractivity contribution in [3.05, 3.63) is 89.5 Å². The van der Waals surface area contributed by atoms with Gasteiger partial charge in [0, 0.05) is 43.9 Å². The fourth-order valence-electron chi connectivity index (χ4n) is 5.14. The fraction of sp³-hybridized carbons (Fsp3) is 0.333. The molecule has 2 heterocycles. The molecule has 2 aliphatic heterocycles. The highest BCUT2D eigenvalue weighted by Gasteiger charge is 2.29. The summed E-state index contributed by atoms with van der Waals surface area (Å²) in [6.07, 6.45) is 1.85. The minimum absolute atomic E-state index is 0.0174. The molecule has 0 spiro atoms. The Labute approximate surface area is 234 Å². The minimum Gasteiger partial charge on any atom is -0.446 e. The van der Waals surface area contributed by atoms with Crippen LogP contribution in [0.15, 0.2) is 72.8 Å². The molecule has 0 atom stereocenters. The molecule has 1 N–H and O–H groups in total. The molecular formula is C30H33N3O6S. The SMILES string of the molecule is CS(=O)(=O)OCc1ccc2c(c1)CN(CCN1CCC(OC(=O)Nc3ccccc3-c3ccccc3)CC1)C2=O. The first-order chi connectivity index (χ1) is 19.2. The second-order valence-corrected chi connectivity index (χ2v) is 11.8. The lowest BCUT2D eigenvalue weighted by Gasteiger charge is -2.32. The van der Waals surface area contributed by atoms with Gasteiger partial charge in [-0.3, -0.25) is 14.3 Å². The number of nitrogens with zero attached hydrogens (tertiary/aromatic N) is 2. The number of carbonyl (C=O) groups excluding carboxylic acids is 2. The molecule has 0 aliphatic carbocycles. The van der Waals surface area contributed by atoms with E-state index in [0.29, 0.717) is 29.9 Å². The molecule has 0 aromatic heterocycles. The first kappa shape index (κ1) is 27.8. The minimum atomic E-state index is -3.53. The molecule has 40 heavy (non-hydrogen) atoms. The maximum absolute atomic E-state index is 12.9. The standard InChI is InChI=1S/C30H33N3O6S/c1-40(36,37)38-21-22-11-12-27-24(19-22)20-33(29(27)34)18-17-32-15-13-25(14-16-32)39-30(35)31-28-10-6-5-9-26(28)23-7-3-2-4-8-23/h2-12,19,25H,13-18,20-21H2,1H3,(H,31,35). The van der Waals surface area contributed by atoms with Crippen molar-refractivity contribution in [2.24, 2.45) is 0 Å². The highest BCUT2D eigenvalue weighted by Crippen LogP contribution is 2.28. The van der Waals surface area contributed by atoms with Crippen LogP contribution in [0, 0.1) is 0 Å². The highest BCUT2D eigenvalue weighted by molar-refractivity contribution is 7.85. The molecule has 3 aromatic carbocycles. The number of ether oxygens (including phenoxy) is 1. The quantitative estimate of drug-likeness (QED) is 0.382. The van der Waals surface area contributed by atoms with Crippen LogP contribution in [-0.4, -0.2) is 68.8 Å². The smallest absolute Gasteiger partial charge is 0.411 e. The Morgan fingerprint density at radius 3 is 2.42 bits per heavy atom. The summed E-state index contributed by atoms with van der Waals surface area (Å²) in [5.74, 6) is -0.0174. The first-order valence-electron chi connectivity index (χ1n) is 13.3. The van der Waals surface area contributed by atoms with Gasteiger partial charge in [-0.25, -0.2) is 4.79 Å². The van der Waals surface area contributed by atoms with E-state index < -0.39 is 16.2 Å². The number of piperidine rings is 1. The van der Waals surface area contributed by atoms with Gasteiger partial charge < -0.3 is 14.5 Å². The van der Waals surface area contributed by atoms with Gasteiger partial charge in [0.15, 0.2) is 0 Å². The van der Waals surface area contributed by atoms with E-state index in [1.165, 1.54) is 0 Å². The predicted molar refractivity (Wildman–Crippen MR) is 152 cm³/mol. The van der Waals surface area contributed by atoms with E-state index >= 15 is 0 Å². The van der Waals surface area contributed by atoms with E-state index in [1.807, 2.05) is 65.6 Å². The number of nitrogens with one attached hydrogen (secondary N) is 1. The van der Waals surface area contributed by atoms with Crippen LogP contribution >= 0.6 is 0 Å². The number of likely N-dealkylation sites (tertiary alicyclic amines) is 1. The average Bonchev–Trinajstić information content (AvgIpc) is 3.26. The van der Waals surface area contributed by atoms with E-state index in [4.69, 9.17) is 8.92 Å². The number of rotatable bonds is 9. The molecule has 0 radical (unpaired) electrons. The third-order valence-electron chi connectivity index (χ3n) is 7.23. The van der Waals surface area contributed by atoms with Crippen LogP contribution in [0.1, 0.15) is 34.3 Å². The van der Waals surface area contributed by atoms with Gasteiger partial charge in [-0.1, -0.05) is 60.7 Å². The van der Waals surface area contributed by atoms with E-state index in [1.54, 1.807) is 12.1 Å². The number of fused-ring (bicyclic) bond motifs is 1. The summed E-state index contributed by atoms with van der Waals surface area (Å²) >= 11 is 0. The van der Waals surface area contributed by atoms with E-state index in [9.17, 15) is 18.0 Å². The fourth-order valence-corrected chi connectivity index (χ4v) is 5.50. The Balaban J connectivity index is 1.07. The van der Waals surface area contributed by atoms with Gasteiger partial charge >= 0.3 is 6.09 Å². The summed E-state index contributed by atoms with van der Waals surface area (Å²) in [6.45, 7) is 3.32. The third kappa shape index (κ3) is 7.07. The van der Waals surface area contributed by atoms with Gasteiger partial charge in [0.1, 0.15) is 6.10 Å². The van der Waals surface area contributed by atoms with Crippen molar-refractivity contribution < 1.29 is 26.9 Å². The summed E-state index contributed by atoms with van der Waals surface area (Å²) in [5, 5.41) is 2.91. The maximum Gasteiger partial charge on any atom is 0.411 e. The van der Waals surface area contributed by atoms with Crippen LogP contribution in [-0.2, 0) is 32.2 Å². The Kier molecular flexibility index (Phi) is 8.49. The van der Waals surface area contributed by atoms with Gasteiger partial charge in [0.2, 0.25) is 0 Å². The summed E-state index contributed by atoms with van der Waals surface area (Å²) < 4.78 is 33.1. The zero-order valence-corrected chi connectivity index (χ0v) is 23.2. The number of carbonyl (C=O) groups is 2. The van der Waals surface area contributed by atoms with Crippen LogP contribution in [0.3, 0.4) is 0 Å². The van der Waals surface area contributed by atoms with E-state index in [2.05, 4.69) is 10.2 Å². The normalized spacial score (nSPS) is 16.1. The second-order valence-electron chi connectivity index (χ2n) is 10.2. The number of hydrogen-bond acceptors (Lipinski definition) is 7. The Hall–Kier alpha value is -3.73. The van der Waals surface area contributed by atoms with Gasteiger partial charge in [-0.2, -0.15) is 8.42 Å². The van der Waals surface area contributed by atoms with Crippen molar-refractivity contribution in [3.63, 3.8) is 0 Å². The molecule has 0 bridgehead atoms. The monoisotopic (exact) mass is 563 g/mol. The molecular weight excluding hydrogens is 530 g/mol. The molecule has 10 heteroatoms. The van der Waals surface area contributed by atoms with Crippen LogP contribution in [0.25, 0.3) is 11.1 Å². The van der Waals surface area contributed by atoms with Crippen molar-refractivity contribution in [1.29, 1.82) is 0 Å². The van der Waals surface area contributed by atoms with Crippen LogP contribution < -0.4 is 5.32 Å². The summed E-state index contributed by atoms with van der Waals surface area (Å²) in [4.78, 5) is 29.6. The number of hydrogen-bond donors (Lipinski definition) is 1. The van der Waals surface area contributed by atoms with Gasteiger partial charge in [-0.15, -0.1) is 0 Å². The van der Waals surface area contributed by atoms with Crippen molar-refractivity contribution in [1.82, 2.24) is 9.80 Å². The predicted octanol–water partition coefficient (Wildman–Crippen LogP) is 4.50. The topological polar surface area (TPSA) is 105 Å². The Morgan fingerprint density at radius 2 is 1.68 bits per heavy atom. The molecule has 0 unspecified atom stereocenters. The molecule has 9 nitrogen and oxygen atoms in total. The zero-order chi connectivity index (χ0) is 28.1. The molecule has 2 aliphatic rings. The molecule has 1 fully saturated rings. The number of amides is 2. The summed E-state index contributed by atoms with van der Waals surface area (Å²) in [7, 11) is -3.53. The first-order valence-corrected chi connectivity index (χ1v) is 15.2. The van der Waals surface area contributed by atoms with E-state index in [0.717, 1.165) is 55.4 Å². The van der Waals surface area contributed by atoms with Crippen molar-refractivity contribution in [3.8, 4) is 11.1 Å². The average molecular weight is 564 g/mol. The lowest BCUT2D eigenvalue weighted by atomic mass is 10.0. The van der Waals surface area contributed by atoms with Crippen LogP contribution in [0.2, 0.25) is 0 Å². The Bertz CT molecular complexity index is 1470. The second kappa shape index (κ2) is 12.2. The van der Waals surface area contributed by atoms with Crippen molar-refractivity contribution in [2.45, 2.75) is 32.1 Å². The molecule has 1 saturated heterocycles. The van der Waals surface area contributed by atoms with Crippen molar-refractivity contribution >= 4 is 27.8 Å². The molecule has 2 amide bonds. The number of benzene rings is 3.